The van der Waals surface area contributed by atoms with Crippen molar-refractivity contribution in [1.29, 1.82) is 5.26 Å². The number of hydrogen-bond acceptors (Lipinski definition) is 3. The molecule has 0 unspecified atom stereocenters. The van der Waals surface area contributed by atoms with Gasteiger partial charge >= 0.3 is 0 Å². The molecule has 1 aliphatic carbocycles. The van der Waals surface area contributed by atoms with E-state index in [9.17, 15) is 5.26 Å². The van der Waals surface area contributed by atoms with Gasteiger partial charge in [-0.2, -0.15) is 16.6 Å². The van der Waals surface area contributed by atoms with Crippen LogP contribution in [0.3, 0.4) is 0 Å². The zero-order valence-corrected chi connectivity index (χ0v) is 11.5. The molecule has 0 spiro atoms. The van der Waals surface area contributed by atoms with E-state index < -0.39 is 0 Å². The Labute approximate surface area is 116 Å². The van der Waals surface area contributed by atoms with Gasteiger partial charge in [-0.05, 0) is 41.7 Å². The average Bonchev–Trinajstić information content (AvgIpc) is 2.83. The standard InChI is InChI=1S/C15H15N3S/c16-8-12-14(10-6-7-19-9-10)11-4-2-1-3-5-13(11)18-15(12)17/h6-7,9H,1-5H2,(H2,17,18)/p+1. The highest BCUT2D eigenvalue weighted by molar-refractivity contribution is 7.08. The quantitative estimate of drug-likeness (QED) is 0.810. The first-order chi connectivity index (χ1) is 9.31. The van der Waals surface area contributed by atoms with E-state index in [0.717, 1.165) is 24.0 Å². The van der Waals surface area contributed by atoms with Crippen molar-refractivity contribution < 1.29 is 4.98 Å². The fourth-order valence-electron chi connectivity index (χ4n) is 2.85. The van der Waals surface area contributed by atoms with E-state index in [2.05, 4.69) is 22.5 Å². The first kappa shape index (κ1) is 12.2. The second-order valence-electron chi connectivity index (χ2n) is 4.93. The van der Waals surface area contributed by atoms with Gasteiger partial charge in [0.2, 0.25) is 0 Å². The van der Waals surface area contributed by atoms with Crippen molar-refractivity contribution in [3.05, 3.63) is 33.6 Å². The number of anilines is 1. The van der Waals surface area contributed by atoms with E-state index in [1.54, 1.807) is 11.3 Å². The monoisotopic (exact) mass is 270 g/mol. The highest BCUT2D eigenvalue weighted by atomic mass is 32.1. The maximum Gasteiger partial charge on any atom is 0.289 e. The lowest BCUT2D eigenvalue weighted by Gasteiger charge is -2.11. The number of H-pyrrole nitrogens is 1. The zero-order chi connectivity index (χ0) is 13.2. The van der Waals surface area contributed by atoms with Gasteiger partial charge in [0.25, 0.3) is 5.82 Å². The van der Waals surface area contributed by atoms with Gasteiger partial charge in [-0.25, -0.2) is 4.98 Å². The fourth-order valence-corrected chi connectivity index (χ4v) is 3.49. The molecule has 2 aromatic heterocycles. The summed E-state index contributed by atoms with van der Waals surface area (Å²) >= 11 is 1.65. The normalized spacial score (nSPS) is 14.5. The summed E-state index contributed by atoms with van der Waals surface area (Å²) in [5.41, 5.74) is 11.3. The molecule has 0 bridgehead atoms. The van der Waals surface area contributed by atoms with Crippen molar-refractivity contribution in [1.82, 2.24) is 0 Å². The third-order valence-corrected chi connectivity index (χ3v) is 4.43. The van der Waals surface area contributed by atoms with Crippen molar-refractivity contribution in [2.24, 2.45) is 0 Å². The van der Waals surface area contributed by atoms with Crippen LogP contribution in [-0.4, -0.2) is 0 Å². The Bertz CT molecular complexity index is 638. The van der Waals surface area contributed by atoms with Gasteiger partial charge < -0.3 is 0 Å². The Morgan fingerprint density at radius 3 is 2.84 bits per heavy atom. The minimum Gasteiger partial charge on any atom is -0.286 e. The van der Waals surface area contributed by atoms with Gasteiger partial charge in [0.05, 0.1) is 0 Å². The lowest BCUT2D eigenvalue weighted by molar-refractivity contribution is -0.373. The van der Waals surface area contributed by atoms with Crippen LogP contribution in [0.4, 0.5) is 5.82 Å². The van der Waals surface area contributed by atoms with Crippen molar-refractivity contribution in [2.75, 3.05) is 5.73 Å². The number of aryl methyl sites for hydroxylation is 1. The molecule has 0 saturated carbocycles. The maximum absolute atomic E-state index is 9.42. The topological polar surface area (TPSA) is 64.0 Å². The summed E-state index contributed by atoms with van der Waals surface area (Å²) in [4.78, 5) is 3.25. The number of pyridine rings is 1. The molecule has 0 amide bonds. The first-order valence-corrected chi connectivity index (χ1v) is 7.54. The molecule has 0 atom stereocenters. The lowest BCUT2D eigenvalue weighted by Crippen LogP contribution is -2.21. The van der Waals surface area contributed by atoms with Gasteiger partial charge in [0.15, 0.2) is 0 Å². The van der Waals surface area contributed by atoms with Gasteiger partial charge in [0.1, 0.15) is 17.3 Å². The third kappa shape index (κ3) is 2.11. The van der Waals surface area contributed by atoms with Crippen LogP contribution in [0.5, 0.6) is 0 Å². The predicted octanol–water partition coefficient (Wildman–Crippen LogP) is 2.95. The number of nitrogens with zero attached hydrogens (tertiary/aromatic N) is 1. The molecule has 2 heterocycles. The number of fused-ring (bicyclic) bond motifs is 1. The Morgan fingerprint density at radius 2 is 2.11 bits per heavy atom. The van der Waals surface area contributed by atoms with E-state index in [-0.39, 0.29) is 0 Å². The van der Waals surface area contributed by atoms with E-state index in [0.29, 0.717) is 11.4 Å². The summed E-state index contributed by atoms with van der Waals surface area (Å²) in [5, 5.41) is 13.6. The first-order valence-electron chi connectivity index (χ1n) is 6.60. The smallest absolute Gasteiger partial charge is 0.286 e. The second kappa shape index (κ2) is 5.02. The van der Waals surface area contributed by atoms with Crippen LogP contribution in [0.1, 0.15) is 36.1 Å². The number of rotatable bonds is 1. The molecular formula is C15H16N3S+. The Kier molecular flexibility index (Phi) is 3.22. The van der Waals surface area contributed by atoms with E-state index in [1.165, 1.54) is 30.5 Å². The van der Waals surface area contributed by atoms with E-state index in [4.69, 9.17) is 5.73 Å². The van der Waals surface area contributed by atoms with Crippen LogP contribution >= 0.6 is 11.3 Å². The molecular weight excluding hydrogens is 254 g/mol. The maximum atomic E-state index is 9.42. The summed E-state index contributed by atoms with van der Waals surface area (Å²) < 4.78 is 0. The molecule has 0 saturated heterocycles. The lowest BCUT2D eigenvalue weighted by atomic mass is 9.93. The van der Waals surface area contributed by atoms with Gasteiger partial charge in [0, 0.05) is 17.5 Å². The highest BCUT2D eigenvalue weighted by Crippen LogP contribution is 2.34. The highest BCUT2D eigenvalue weighted by Gasteiger charge is 2.24. The molecule has 3 nitrogen and oxygen atoms in total. The molecule has 3 rings (SSSR count). The molecule has 2 aromatic rings. The minimum absolute atomic E-state index is 0.504. The third-order valence-electron chi connectivity index (χ3n) is 3.75. The van der Waals surface area contributed by atoms with Gasteiger partial charge in [-0.15, -0.1) is 0 Å². The fraction of sp³-hybridized carbons (Fsp3) is 0.333. The number of aromatic nitrogens is 1. The summed E-state index contributed by atoms with van der Waals surface area (Å²) in [5.74, 6) is 0.504. The van der Waals surface area contributed by atoms with Crippen LogP contribution in [-0.2, 0) is 12.8 Å². The van der Waals surface area contributed by atoms with Gasteiger partial charge in [-0.1, -0.05) is 6.42 Å². The SMILES string of the molecule is N#Cc1c(N)[nH+]c2c(c1-c1ccsc1)CCCCC2. The Hall–Kier alpha value is -1.86. The predicted molar refractivity (Wildman–Crippen MR) is 76.7 cm³/mol. The largest absolute Gasteiger partial charge is 0.289 e. The molecule has 96 valence electrons. The molecule has 4 heteroatoms. The Balaban J connectivity index is 2.30. The van der Waals surface area contributed by atoms with Crippen molar-refractivity contribution in [3.63, 3.8) is 0 Å². The van der Waals surface area contributed by atoms with Crippen molar-refractivity contribution >= 4 is 17.2 Å². The average molecular weight is 270 g/mol. The van der Waals surface area contributed by atoms with Crippen LogP contribution in [0.2, 0.25) is 0 Å². The molecule has 1 aliphatic rings. The number of thiophene rings is 1. The van der Waals surface area contributed by atoms with Crippen LogP contribution in [0, 0.1) is 11.3 Å². The summed E-state index contributed by atoms with van der Waals surface area (Å²) in [6.45, 7) is 0. The molecule has 3 N–H and O–H groups in total. The number of nitriles is 1. The number of nitrogen functional groups attached to an aromatic ring is 1. The van der Waals surface area contributed by atoms with Crippen LogP contribution < -0.4 is 10.7 Å². The number of nitrogens with one attached hydrogen (secondary N) is 1. The Morgan fingerprint density at radius 1 is 1.26 bits per heavy atom. The molecule has 0 radical (unpaired) electrons. The van der Waals surface area contributed by atoms with Crippen LogP contribution in [0.15, 0.2) is 16.8 Å². The summed E-state index contributed by atoms with van der Waals surface area (Å²) in [7, 11) is 0. The zero-order valence-electron chi connectivity index (χ0n) is 10.7. The number of hydrogen-bond donors (Lipinski definition) is 1. The minimum atomic E-state index is 0.504. The van der Waals surface area contributed by atoms with Gasteiger partial charge in [-0.3, -0.25) is 5.73 Å². The summed E-state index contributed by atoms with van der Waals surface area (Å²) in [6, 6.07) is 4.35. The molecule has 0 fully saturated rings. The number of aromatic amines is 1. The summed E-state index contributed by atoms with van der Waals surface area (Å²) in [6.07, 6.45) is 5.69. The van der Waals surface area contributed by atoms with Crippen molar-refractivity contribution in [3.8, 4) is 17.2 Å². The molecule has 19 heavy (non-hydrogen) atoms. The van der Waals surface area contributed by atoms with Crippen LogP contribution in [0.25, 0.3) is 11.1 Å². The molecule has 0 aliphatic heterocycles. The van der Waals surface area contributed by atoms with E-state index in [1.807, 2.05) is 5.38 Å². The van der Waals surface area contributed by atoms with E-state index >= 15 is 0 Å². The number of nitrogens with two attached hydrogens (primary N) is 1. The van der Waals surface area contributed by atoms with Crippen molar-refractivity contribution in [2.45, 2.75) is 32.1 Å². The second-order valence-corrected chi connectivity index (χ2v) is 5.71. The molecule has 0 aromatic carbocycles.